The maximum atomic E-state index is 11.5. The molecule has 0 aliphatic carbocycles. The van der Waals surface area contributed by atoms with Crippen LogP contribution in [0.5, 0.6) is 0 Å². The molecule has 6 nitrogen and oxygen atoms in total. The number of aromatic nitrogens is 2. The minimum atomic E-state index is -3.21. The van der Waals surface area contributed by atoms with Crippen LogP contribution in [0.3, 0.4) is 0 Å². The molecule has 1 heterocycles. The molecule has 0 fully saturated rings. The van der Waals surface area contributed by atoms with E-state index in [2.05, 4.69) is 14.9 Å². The van der Waals surface area contributed by atoms with Crippen molar-refractivity contribution in [1.29, 1.82) is 0 Å². The summed E-state index contributed by atoms with van der Waals surface area (Å²) < 4.78 is 31.0. The Morgan fingerprint density at radius 3 is 2.76 bits per heavy atom. The lowest BCUT2D eigenvalue weighted by atomic mass is 10.2. The molecule has 21 heavy (non-hydrogen) atoms. The molecule has 1 N–H and O–H groups in total. The average molecular weight is 330 g/mol. The van der Waals surface area contributed by atoms with Crippen molar-refractivity contribution in [2.75, 3.05) is 12.3 Å². The highest BCUT2D eigenvalue weighted by atomic mass is 35.5. The van der Waals surface area contributed by atoms with Crippen LogP contribution in [-0.2, 0) is 16.4 Å². The van der Waals surface area contributed by atoms with E-state index in [1.807, 2.05) is 19.1 Å². The lowest BCUT2D eigenvalue weighted by Crippen LogP contribution is -2.28. The maximum Gasteiger partial charge on any atom is 0.249 e. The van der Waals surface area contributed by atoms with Crippen molar-refractivity contribution < 1.29 is 12.8 Å². The van der Waals surface area contributed by atoms with Gasteiger partial charge in [-0.1, -0.05) is 30.7 Å². The van der Waals surface area contributed by atoms with Gasteiger partial charge >= 0.3 is 0 Å². The van der Waals surface area contributed by atoms with Crippen molar-refractivity contribution in [2.24, 2.45) is 0 Å². The zero-order valence-corrected chi connectivity index (χ0v) is 13.1. The Balaban J connectivity index is 1.97. The largest absolute Gasteiger partial charge is 0.421 e. The highest BCUT2D eigenvalue weighted by molar-refractivity contribution is 7.89. The lowest BCUT2D eigenvalue weighted by molar-refractivity contribution is 0.502. The molecule has 0 aliphatic rings. The number of hydrogen-bond donors (Lipinski definition) is 1. The van der Waals surface area contributed by atoms with E-state index in [4.69, 9.17) is 16.0 Å². The summed E-state index contributed by atoms with van der Waals surface area (Å²) in [6, 6.07) is 7.15. The fourth-order valence-electron chi connectivity index (χ4n) is 1.75. The Morgan fingerprint density at radius 1 is 1.29 bits per heavy atom. The van der Waals surface area contributed by atoms with Gasteiger partial charge < -0.3 is 4.42 Å². The van der Waals surface area contributed by atoms with Crippen LogP contribution in [0.4, 0.5) is 0 Å². The van der Waals surface area contributed by atoms with E-state index in [0.717, 1.165) is 0 Å². The molecule has 2 aromatic rings. The van der Waals surface area contributed by atoms with E-state index >= 15 is 0 Å². The standard InChI is InChI=1S/C13H16ClN3O3S/c1-2-9-21(18,19)15-8-7-12-16-17-13(20-12)10-5-3-4-6-11(10)14/h3-6,15H,2,7-9H2,1H3. The minimum Gasteiger partial charge on any atom is -0.421 e. The second-order valence-corrected chi connectivity index (χ2v) is 6.78. The summed E-state index contributed by atoms with van der Waals surface area (Å²) in [6.07, 6.45) is 0.910. The van der Waals surface area contributed by atoms with Gasteiger partial charge in [-0.2, -0.15) is 0 Å². The summed E-state index contributed by atoms with van der Waals surface area (Å²) in [6.45, 7) is 2.04. The second-order valence-electron chi connectivity index (χ2n) is 4.44. The number of nitrogens with zero attached hydrogens (tertiary/aromatic N) is 2. The Labute approximate surface area is 128 Å². The molecule has 0 saturated carbocycles. The number of nitrogens with one attached hydrogen (secondary N) is 1. The van der Waals surface area contributed by atoms with Crippen LogP contribution >= 0.6 is 11.6 Å². The van der Waals surface area contributed by atoms with Crippen molar-refractivity contribution in [2.45, 2.75) is 19.8 Å². The first-order valence-corrected chi connectivity index (χ1v) is 8.59. The van der Waals surface area contributed by atoms with Crippen LogP contribution in [0.2, 0.25) is 5.02 Å². The van der Waals surface area contributed by atoms with Gasteiger partial charge in [0.2, 0.25) is 21.8 Å². The molecule has 0 amide bonds. The van der Waals surface area contributed by atoms with Gasteiger partial charge in [-0.3, -0.25) is 0 Å². The van der Waals surface area contributed by atoms with Gasteiger partial charge in [-0.15, -0.1) is 10.2 Å². The monoisotopic (exact) mass is 329 g/mol. The third kappa shape index (κ3) is 4.52. The van der Waals surface area contributed by atoms with Gasteiger partial charge in [-0.25, -0.2) is 13.1 Å². The smallest absolute Gasteiger partial charge is 0.249 e. The highest BCUT2D eigenvalue weighted by Crippen LogP contribution is 2.26. The third-order valence-corrected chi connectivity index (χ3v) is 4.62. The highest BCUT2D eigenvalue weighted by Gasteiger charge is 2.12. The van der Waals surface area contributed by atoms with E-state index in [1.54, 1.807) is 12.1 Å². The predicted molar refractivity (Wildman–Crippen MR) is 80.5 cm³/mol. The molecule has 2 rings (SSSR count). The minimum absolute atomic E-state index is 0.113. The van der Waals surface area contributed by atoms with Crippen molar-refractivity contribution >= 4 is 21.6 Å². The Kier molecular flexibility index (Phi) is 5.33. The summed E-state index contributed by atoms with van der Waals surface area (Å²) in [4.78, 5) is 0. The van der Waals surface area contributed by atoms with Crippen molar-refractivity contribution in [3.05, 3.63) is 35.2 Å². The van der Waals surface area contributed by atoms with Gasteiger partial charge in [0.05, 0.1) is 16.3 Å². The van der Waals surface area contributed by atoms with E-state index in [0.29, 0.717) is 35.2 Å². The summed E-state index contributed by atoms with van der Waals surface area (Å²) >= 11 is 6.05. The Bertz CT molecular complexity index is 700. The number of halogens is 1. The zero-order valence-electron chi connectivity index (χ0n) is 11.5. The fourth-order valence-corrected chi connectivity index (χ4v) is 3.06. The second kappa shape index (κ2) is 7.02. The van der Waals surface area contributed by atoms with Crippen LogP contribution in [0, 0.1) is 0 Å². The SMILES string of the molecule is CCCS(=O)(=O)NCCc1nnc(-c2ccccc2Cl)o1. The Hall–Kier alpha value is -1.44. The molecule has 0 atom stereocenters. The molecule has 0 unspecified atom stereocenters. The first kappa shape index (κ1) is 15.9. The molecule has 0 saturated heterocycles. The number of sulfonamides is 1. The van der Waals surface area contributed by atoms with Gasteiger partial charge in [-0.05, 0) is 18.6 Å². The molecule has 8 heteroatoms. The van der Waals surface area contributed by atoms with Gasteiger partial charge in [0.25, 0.3) is 0 Å². The van der Waals surface area contributed by atoms with E-state index in [1.165, 1.54) is 0 Å². The number of benzene rings is 1. The third-order valence-electron chi connectivity index (χ3n) is 2.70. The van der Waals surface area contributed by atoms with Gasteiger partial charge in [0.15, 0.2) is 0 Å². The van der Waals surface area contributed by atoms with Crippen LogP contribution in [0.15, 0.2) is 28.7 Å². The molecule has 114 valence electrons. The molecule has 0 radical (unpaired) electrons. The van der Waals surface area contributed by atoms with E-state index in [9.17, 15) is 8.42 Å². The quantitative estimate of drug-likeness (QED) is 0.842. The molecular weight excluding hydrogens is 314 g/mol. The van der Waals surface area contributed by atoms with Crippen molar-refractivity contribution in [1.82, 2.24) is 14.9 Å². The normalized spacial score (nSPS) is 11.7. The molecule has 0 bridgehead atoms. The molecule has 0 aliphatic heterocycles. The summed E-state index contributed by atoms with van der Waals surface area (Å²) in [5, 5.41) is 8.33. The van der Waals surface area contributed by atoms with Crippen LogP contribution in [0.1, 0.15) is 19.2 Å². The number of rotatable bonds is 7. The summed E-state index contributed by atoms with van der Waals surface area (Å²) in [7, 11) is -3.21. The summed E-state index contributed by atoms with van der Waals surface area (Å²) in [5.41, 5.74) is 0.657. The van der Waals surface area contributed by atoms with Crippen LogP contribution < -0.4 is 4.72 Å². The Morgan fingerprint density at radius 2 is 2.05 bits per heavy atom. The van der Waals surface area contributed by atoms with E-state index < -0.39 is 10.0 Å². The molecule has 0 spiro atoms. The molecular formula is C13H16ClN3O3S. The zero-order chi connectivity index (χ0) is 15.3. The maximum absolute atomic E-state index is 11.5. The first-order chi connectivity index (χ1) is 10.0. The fraction of sp³-hybridized carbons (Fsp3) is 0.385. The lowest BCUT2D eigenvalue weighted by Gasteiger charge is -2.03. The average Bonchev–Trinajstić information content (AvgIpc) is 2.87. The van der Waals surface area contributed by atoms with Gasteiger partial charge in [0.1, 0.15) is 0 Å². The van der Waals surface area contributed by atoms with Crippen molar-refractivity contribution in [3.8, 4) is 11.5 Å². The first-order valence-electron chi connectivity index (χ1n) is 6.56. The summed E-state index contributed by atoms with van der Waals surface area (Å²) in [5.74, 6) is 0.804. The molecule has 1 aromatic carbocycles. The number of hydrogen-bond acceptors (Lipinski definition) is 5. The molecule has 1 aromatic heterocycles. The van der Waals surface area contributed by atoms with Crippen LogP contribution in [0.25, 0.3) is 11.5 Å². The predicted octanol–water partition coefficient (Wildman–Crippen LogP) is 2.26. The topological polar surface area (TPSA) is 85.1 Å². The van der Waals surface area contributed by atoms with Crippen LogP contribution in [-0.4, -0.2) is 30.9 Å². The van der Waals surface area contributed by atoms with E-state index in [-0.39, 0.29) is 12.3 Å². The van der Waals surface area contributed by atoms with Crippen molar-refractivity contribution in [3.63, 3.8) is 0 Å². The van der Waals surface area contributed by atoms with Gasteiger partial charge in [0, 0.05) is 13.0 Å².